The highest BCUT2D eigenvalue weighted by molar-refractivity contribution is 6.31. The van der Waals surface area contributed by atoms with Gasteiger partial charge in [0.1, 0.15) is 5.75 Å². The van der Waals surface area contributed by atoms with Gasteiger partial charge in [-0.1, -0.05) is 35.9 Å². The van der Waals surface area contributed by atoms with Crippen LogP contribution in [0.1, 0.15) is 22.0 Å². The van der Waals surface area contributed by atoms with Crippen molar-refractivity contribution in [2.45, 2.75) is 6.04 Å². The lowest BCUT2D eigenvalue weighted by Gasteiger charge is -2.37. The second-order valence-electron chi connectivity index (χ2n) is 6.02. The molecule has 6 nitrogen and oxygen atoms in total. The summed E-state index contributed by atoms with van der Waals surface area (Å²) in [6, 6.07) is 14.1. The Balaban J connectivity index is 0.00000261. The maximum Gasteiger partial charge on any atom is 0.255 e. The molecule has 3 N–H and O–H groups in total. The van der Waals surface area contributed by atoms with Gasteiger partial charge in [-0.25, -0.2) is 0 Å². The molecule has 0 bridgehead atoms. The van der Waals surface area contributed by atoms with E-state index in [2.05, 4.69) is 5.32 Å². The van der Waals surface area contributed by atoms with E-state index in [4.69, 9.17) is 22.1 Å². The summed E-state index contributed by atoms with van der Waals surface area (Å²) in [6.07, 6.45) is 0. The summed E-state index contributed by atoms with van der Waals surface area (Å²) in [5.74, 6) is -0.248. The van der Waals surface area contributed by atoms with Crippen LogP contribution in [-0.4, -0.2) is 43.0 Å². The summed E-state index contributed by atoms with van der Waals surface area (Å²) >= 11 is 6.34. The number of halogens is 2. The molecule has 1 unspecified atom stereocenters. The van der Waals surface area contributed by atoms with E-state index in [9.17, 15) is 9.59 Å². The minimum Gasteiger partial charge on any atom is -0.484 e. The van der Waals surface area contributed by atoms with Crippen LogP contribution in [0, 0.1) is 0 Å². The molecule has 8 heteroatoms. The van der Waals surface area contributed by atoms with Crippen LogP contribution in [0.2, 0.25) is 5.02 Å². The molecule has 0 saturated carbocycles. The van der Waals surface area contributed by atoms with E-state index in [-0.39, 0.29) is 31.0 Å². The molecule has 1 heterocycles. The standard InChI is InChI=1S/C19H20ClN3O3.ClH/c20-16-7-2-1-6-15(16)17-11-22-8-9-23(17)19(25)13-4-3-5-14(10-13)26-12-18(21)24;/h1-7,10,17,22H,8-9,11-12H2,(H2,21,24);1H. The van der Waals surface area contributed by atoms with Gasteiger partial charge >= 0.3 is 0 Å². The number of primary amides is 1. The minimum atomic E-state index is -0.567. The quantitative estimate of drug-likeness (QED) is 0.793. The van der Waals surface area contributed by atoms with Crippen LogP contribution < -0.4 is 15.8 Å². The average molecular weight is 410 g/mol. The van der Waals surface area contributed by atoms with Crippen molar-refractivity contribution < 1.29 is 14.3 Å². The number of piperazine rings is 1. The predicted molar refractivity (Wildman–Crippen MR) is 106 cm³/mol. The van der Waals surface area contributed by atoms with Gasteiger partial charge in [0.25, 0.3) is 11.8 Å². The van der Waals surface area contributed by atoms with Crippen molar-refractivity contribution in [1.82, 2.24) is 10.2 Å². The van der Waals surface area contributed by atoms with E-state index >= 15 is 0 Å². The lowest BCUT2D eigenvalue weighted by molar-refractivity contribution is -0.119. The SMILES string of the molecule is Cl.NC(=O)COc1cccc(C(=O)N2CCNCC2c2ccccc2Cl)c1. The van der Waals surface area contributed by atoms with Crippen molar-refractivity contribution in [2.24, 2.45) is 5.73 Å². The topological polar surface area (TPSA) is 84.7 Å². The van der Waals surface area contributed by atoms with Crippen LogP contribution in [0.15, 0.2) is 48.5 Å². The molecule has 2 aromatic rings. The molecule has 3 rings (SSSR count). The Morgan fingerprint density at radius 1 is 1.22 bits per heavy atom. The van der Waals surface area contributed by atoms with Crippen molar-refractivity contribution in [1.29, 1.82) is 0 Å². The summed E-state index contributed by atoms with van der Waals surface area (Å²) in [5.41, 5.74) is 6.50. The Bertz CT molecular complexity index is 816. The minimum absolute atomic E-state index is 0. The molecule has 0 aromatic heterocycles. The van der Waals surface area contributed by atoms with Crippen molar-refractivity contribution in [3.63, 3.8) is 0 Å². The summed E-state index contributed by atoms with van der Waals surface area (Å²) in [5, 5.41) is 3.95. The van der Waals surface area contributed by atoms with E-state index in [1.807, 2.05) is 29.2 Å². The second kappa shape index (κ2) is 9.60. The van der Waals surface area contributed by atoms with Crippen LogP contribution in [-0.2, 0) is 4.79 Å². The predicted octanol–water partition coefficient (Wildman–Crippen LogP) is 2.41. The normalized spacial score (nSPS) is 16.3. The fraction of sp³-hybridized carbons (Fsp3) is 0.263. The third-order valence-electron chi connectivity index (χ3n) is 4.23. The first-order chi connectivity index (χ1) is 12.6. The number of amides is 2. The Hall–Kier alpha value is -2.28. The lowest BCUT2D eigenvalue weighted by atomic mass is 10.0. The zero-order chi connectivity index (χ0) is 18.5. The maximum absolute atomic E-state index is 13.1. The first-order valence-corrected chi connectivity index (χ1v) is 8.71. The van der Waals surface area contributed by atoms with Crippen molar-refractivity contribution in [3.8, 4) is 5.75 Å². The van der Waals surface area contributed by atoms with E-state index in [1.54, 1.807) is 24.3 Å². The summed E-state index contributed by atoms with van der Waals surface area (Å²) in [4.78, 5) is 25.8. The molecule has 1 fully saturated rings. The van der Waals surface area contributed by atoms with E-state index in [0.717, 1.165) is 5.56 Å². The largest absolute Gasteiger partial charge is 0.484 e. The Kier molecular flexibility index (Phi) is 7.47. The van der Waals surface area contributed by atoms with Gasteiger partial charge in [-0.2, -0.15) is 0 Å². The van der Waals surface area contributed by atoms with Crippen molar-refractivity contribution in [2.75, 3.05) is 26.2 Å². The number of carbonyl (C=O) groups excluding carboxylic acids is 2. The Labute approximate surface area is 169 Å². The number of ether oxygens (including phenoxy) is 1. The smallest absolute Gasteiger partial charge is 0.255 e. The number of hydrogen-bond donors (Lipinski definition) is 2. The van der Waals surface area contributed by atoms with Gasteiger partial charge in [0.15, 0.2) is 6.61 Å². The molecule has 2 amide bonds. The molecular formula is C19H21Cl2N3O3. The number of nitrogens with one attached hydrogen (secondary N) is 1. The van der Waals surface area contributed by atoms with Crippen LogP contribution >= 0.6 is 24.0 Å². The monoisotopic (exact) mass is 409 g/mol. The van der Waals surface area contributed by atoms with Crippen LogP contribution in [0.4, 0.5) is 0 Å². The highest BCUT2D eigenvalue weighted by Gasteiger charge is 2.29. The van der Waals surface area contributed by atoms with Crippen molar-refractivity contribution in [3.05, 3.63) is 64.7 Å². The molecule has 0 aliphatic carbocycles. The number of rotatable bonds is 5. The number of hydrogen-bond acceptors (Lipinski definition) is 4. The number of benzene rings is 2. The van der Waals surface area contributed by atoms with Gasteiger partial charge in [0.2, 0.25) is 0 Å². The highest BCUT2D eigenvalue weighted by Crippen LogP contribution is 2.30. The number of nitrogens with zero attached hydrogens (tertiary/aromatic N) is 1. The summed E-state index contributed by atoms with van der Waals surface area (Å²) in [6.45, 7) is 1.69. The van der Waals surface area contributed by atoms with Crippen LogP contribution in [0.3, 0.4) is 0 Å². The molecule has 144 valence electrons. The van der Waals surface area contributed by atoms with Crippen molar-refractivity contribution >= 4 is 35.8 Å². The average Bonchev–Trinajstić information content (AvgIpc) is 2.66. The third kappa shape index (κ3) is 5.13. The lowest BCUT2D eigenvalue weighted by Crippen LogP contribution is -2.48. The first-order valence-electron chi connectivity index (χ1n) is 8.33. The summed E-state index contributed by atoms with van der Waals surface area (Å²) < 4.78 is 5.30. The van der Waals surface area contributed by atoms with E-state index in [0.29, 0.717) is 36.0 Å². The van der Waals surface area contributed by atoms with Crippen LogP contribution in [0.5, 0.6) is 5.75 Å². The third-order valence-corrected chi connectivity index (χ3v) is 4.57. The molecule has 1 aliphatic heterocycles. The van der Waals surface area contributed by atoms with E-state index in [1.165, 1.54) is 0 Å². The van der Waals surface area contributed by atoms with Gasteiger partial charge in [0, 0.05) is 30.2 Å². The maximum atomic E-state index is 13.1. The molecule has 1 aliphatic rings. The zero-order valence-corrected chi connectivity index (χ0v) is 16.1. The molecule has 0 spiro atoms. The first kappa shape index (κ1) is 21.0. The fourth-order valence-corrected chi connectivity index (χ4v) is 3.27. The Morgan fingerprint density at radius 3 is 2.74 bits per heavy atom. The molecule has 1 atom stereocenters. The zero-order valence-electron chi connectivity index (χ0n) is 14.6. The molecule has 0 radical (unpaired) electrons. The van der Waals surface area contributed by atoms with Gasteiger partial charge in [0.05, 0.1) is 6.04 Å². The fourth-order valence-electron chi connectivity index (χ4n) is 3.01. The Morgan fingerprint density at radius 2 is 2.00 bits per heavy atom. The summed E-state index contributed by atoms with van der Waals surface area (Å²) in [7, 11) is 0. The van der Waals surface area contributed by atoms with Gasteiger partial charge < -0.3 is 20.7 Å². The van der Waals surface area contributed by atoms with E-state index < -0.39 is 5.91 Å². The molecule has 27 heavy (non-hydrogen) atoms. The second-order valence-corrected chi connectivity index (χ2v) is 6.43. The molecular weight excluding hydrogens is 389 g/mol. The van der Waals surface area contributed by atoms with Gasteiger partial charge in [-0.3, -0.25) is 9.59 Å². The molecule has 1 saturated heterocycles. The molecule has 2 aromatic carbocycles. The van der Waals surface area contributed by atoms with Gasteiger partial charge in [-0.05, 0) is 29.8 Å². The van der Waals surface area contributed by atoms with Gasteiger partial charge in [-0.15, -0.1) is 12.4 Å². The highest BCUT2D eigenvalue weighted by atomic mass is 35.5. The van der Waals surface area contributed by atoms with Crippen LogP contribution in [0.25, 0.3) is 0 Å². The number of nitrogens with two attached hydrogens (primary N) is 1. The number of carbonyl (C=O) groups is 2.